The van der Waals surface area contributed by atoms with Gasteiger partial charge in [-0.3, -0.25) is 4.79 Å². The summed E-state index contributed by atoms with van der Waals surface area (Å²) in [4.78, 5) is 16.5. The highest BCUT2D eigenvalue weighted by molar-refractivity contribution is 5.92. The molecule has 0 bridgehead atoms. The Morgan fingerprint density at radius 3 is 2.71 bits per heavy atom. The molecule has 1 amide bonds. The molecule has 1 saturated carbocycles. The molecule has 3 rings (SSSR count). The van der Waals surface area contributed by atoms with Crippen LogP contribution >= 0.6 is 0 Å². The average molecular weight is 323 g/mol. The molecule has 1 aliphatic carbocycles. The minimum absolute atomic E-state index is 0.138. The summed E-state index contributed by atoms with van der Waals surface area (Å²) in [5.74, 6) is -0.138. The molecule has 4 nitrogen and oxygen atoms in total. The number of carbonyl (C=O) groups excluding carboxylic acids is 1. The van der Waals surface area contributed by atoms with Crippen molar-refractivity contribution in [3.8, 4) is 0 Å². The molecule has 24 heavy (non-hydrogen) atoms. The second-order valence-electron chi connectivity index (χ2n) is 6.58. The number of hydrogen-bond donors (Lipinski definition) is 2. The lowest BCUT2D eigenvalue weighted by Crippen LogP contribution is -2.24. The van der Waals surface area contributed by atoms with E-state index in [9.17, 15) is 4.79 Å². The lowest BCUT2D eigenvalue weighted by atomic mass is 9.95. The standard InChI is InChI=1S/C20H25N3O/c1-15-6-5-7-16(12-15)13-22-20(24)19-11-10-18(14-21-19)23-17-8-3-2-4-9-17/h5-7,10-12,14,17,23H,2-4,8-9,13H2,1H3,(H,22,24). The van der Waals surface area contributed by atoms with Gasteiger partial charge in [-0.25, -0.2) is 4.98 Å². The van der Waals surface area contributed by atoms with Gasteiger partial charge in [0, 0.05) is 12.6 Å². The van der Waals surface area contributed by atoms with Crippen LogP contribution in [0.2, 0.25) is 0 Å². The number of hydrogen-bond acceptors (Lipinski definition) is 3. The van der Waals surface area contributed by atoms with Gasteiger partial charge in [0.1, 0.15) is 5.69 Å². The van der Waals surface area contributed by atoms with E-state index in [4.69, 9.17) is 0 Å². The van der Waals surface area contributed by atoms with Crippen molar-refractivity contribution in [2.45, 2.75) is 51.6 Å². The van der Waals surface area contributed by atoms with Crippen LogP contribution in [0.1, 0.15) is 53.7 Å². The topological polar surface area (TPSA) is 54.0 Å². The van der Waals surface area contributed by atoms with E-state index >= 15 is 0 Å². The molecule has 1 heterocycles. The van der Waals surface area contributed by atoms with Gasteiger partial charge in [0.25, 0.3) is 5.91 Å². The molecule has 0 aliphatic heterocycles. The predicted octanol–water partition coefficient (Wildman–Crippen LogP) is 4.06. The molecular formula is C20H25N3O. The van der Waals surface area contributed by atoms with Gasteiger partial charge in [0.05, 0.1) is 11.9 Å². The molecule has 2 aromatic rings. The Labute approximate surface area is 143 Å². The first-order chi connectivity index (χ1) is 11.7. The summed E-state index contributed by atoms with van der Waals surface area (Å²) in [6.45, 7) is 2.56. The van der Waals surface area contributed by atoms with E-state index in [1.54, 1.807) is 12.3 Å². The molecule has 4 heteroatoms. The van der Waals surface area contributed by atoms with Crippen molar-refractivity contribution < 1.29 is 4.79 Å². The zero-order valence-corrected chi connectivity index (χ0v) is 14.2. The first-order valence-corrected chi connectivity index (χ1v) is 8.77. The number of pyridine rings is 1. The Morgan fingerprint density at radius 2 is 2.00 bits per heavy atom. The zero-order chi connectivity index (χ0) is 16.8. The van der Waals surface area contributed by atoms with E-state index in [0.29, 0.717) is 18.3 Å². The highest BCUT2D eigenvalue weighted by atomic mass is 16.1. The van der Waals surface area contributed by atoms with Crippen molar-refractivity contribution in [2.75, 3.05) is 5.32 Å². The summed E-state index contributed by atoms with van der Waals surface area (Å²) in [5.41, 5.74) is 3.74. The molecule has 1 aliphatic rings. The SMILES string of the molecule is Cc1cccc(CNC(=O)c2ccc(NC3CCCCC3)cn2)c1. The molecule has 0 atom stereocenters. The van der Waals surface area contributed by atoms with E-state index in [-0.39, 0.29) is 5.91 Å². The number of amides is 1. The fraction of sp³-hybridized carbons (Fsp3) is 0.400. The zero-order valence-electron chi connectivity index (χ0n) is 14.2. The summed E-state index contributed by atoms with van der Waals surface area (Å²) < 4.78 is 0. The van der Waals surface area contributed by atoms with Gasteiger partial charge in [0.2, 0.25) is 0 Å². The normalized spacial score (nSPS) is 15.0. The molecule has 1 fully saturated rings. The maximum atomic E-state index is 12.2. The summed E-state index contributed by atoms with van der Waals surface area (Å²) in [5, 5.41) is 6.44. The number of nitrogens with one attached hydrogen (secondary N) is 2. The molecule has 0 radical (unpaired) electrons. The lowest BCUT2D eigenvalue weighted by Gasteiger charge is -2.23. The molecule has 0 unspecified atom stereocenters. The van der Waals surface area contributed by atoms with E-state index in [2.05, 4.69) is 21.7 Å². The Bertz CT molecular complexity index is 676. The van der Waals surface area contributed by atoms with Crippen LogP contribution in [0.25, 0.3) is 0 Å². The Balaban J connectivity index is 1.53. The first-order valence-electron chi connectivity index (χ1n) is 8.77. The Morgan fingerprint density at radius 1 is 1.17 bits per heavy atom. The van der Waals surface area contributed by atoms with Crippen LogP contribution in [0.15, 0.2) is 42.6 Å². The number of nitrogens with zero attached hydrogens (tertiary/aromatic N) is 1. The van der Waals surface area contributed by atoms with Gasteiger partial charge >= 0.3 is 0 Å². The monoisotopic (exact) mass is 323 g/mol. The molecule has 0 saturated heterocycles. The van der Waals surface area contributed by atoms with Gasteiger partial charge in [0.15, 0.2) is 0 Å². The summed E-state index contributed by atoms with van der Waals surface area (Å²) >= 11 is 0. The maximum absolute atomic E-state index is 12.2. The van der Waals surface area contributed by atoms with Gasteiger partial charge in [-0.1, -0.05) is 49.1 Å². The number of benzene rings is 1. The highest BCUT2D eigenvalue weighted by Gasteiger charge is 2.13. The Kier molecular flexibility index (Phi) is 5.47. The lowest BCUT2D eigenvalue weighted by molar-refractivity contribution is 0.0946. The average Bonchev–Trinajstić information content (AvgIpc) is 2.61. The van der Waals surface area contributed by atoms with Crippen molar-refractivity contribution in [1.82, 2.24) is 10.3 Å². The van der Waals surface area contributed by atoms with Gasteiger partial charge in [-0.2, -0.15) is 0 Å². The second-order valence-corrected chi connectivity index (χ2v) is 6.58. The van der Waals surface area contributed by atoms with Crippen LogP contribution in [0.4, 0.5) is 5.69 Å². The number of aromatic nitrogens is 1. The first kappa shape index (κ1) is 16.5. The number of rotatable bonds is 5. The smallest absolute Gasteiger partial charge is 0.270 e. The highest BCUT2D eigenvalue weighted by Crippen LogP contribution is 2.21. The second kappa shape index (κ2) is 7.95. The van der Waals surface area contributed by atoms with Crippen molar-refractivity contribution >= 4 is 11.6 Å². The van der Waals surface area contributed by atoms with Gasteiger partial charge in [-0.15, -0.1) is 0 Å². The summed E-state index contributed by atoms with van der Waals surface area (Å²) in [6.07, 6.45) is 8.14. The molecule has 2 N–H and O–H groups in total. The fourth-order valence-corrected chi connectivity index (χ4v) is 3.19. The number of carbonyl (C=O) groups is 1. The molecule has 126 valence electrons. The Hall–Kier alpha value is -2.36. The number of anilines is 1. The third kappa shape index (κ3) is 4.57. The molecule has 0 spiro atoms. The van der Waals surface area contributed by atoms with Crippen LogP contribution in [0, 0.1) is 6.92 Å². The largest absolute Gasteiger partial charge is 0.381 e. The van der Waals surface area contributed by atoms with Crippen LogP contribution in [0.3, 0.4) is 0 Å². The van der Waals surface area contributed by atoms with E-state index < -0.39 is 0 Å². The molecular weight excluding hydrogens is 298 g/mol. The van der Waals surface area contributed by atoms with E-state index in [0.717, 1.165) is 11.3 Å². The quantitative estimate of drug-likeness (QED) is 0.872. The summed E-state index contributed by atoms with van der Waals surface area (Å²) in [6, 6.07) is 12.4. The van der Waals surface area contributed by atoms with E-state index in [1.807, 2.05) is 31.2 Å². The number of aryl methyl sites for hydroxylation is 1. The third-order valence-corrected chi connectivity index (χ3v) is 4.51. The molecule has 1 aromatic heterocycles. The van der Waals surface area contributed by atoms with Crippen LogP contribution in [0.5, 0.6) is 0 Å². The molecule has 1 aromatic carbocycles. The van der Waals surface area contributed by atoms with Crippen molar-refractivity contribution in [2.24, 2.45) is 0 Å². The minimum Gasteiger partial charge on any atom is -0.381 e. The maximum Gasteiger partial charge on any atom is 0.270 e. The fourth-order valence-electron chi connectivity index (χ4n) is 3.19. The van der Waals surface area contributed by atoms with Crippen LogP contribution < -0.4 is 10.6 Å². The van der Waals surface area contributed by atoms with Crippen LogP contribution in [-0.4, -0.2) is 16.9 Å². The van der Waals surface area contributed by atoms with Crippen molar-refractivity contribution in [3.63, 3.8) is 0 Å². The van der Waals surface area contributed by atoms with Gasteiger partial charge < -0.3 is 10.6 Å². The summed E-state index contributed by atoms with van der Waals surface area (Å²) in [7, 11) is 0. The van der Waals surface area contributed by atoms with Gasteiger partial charge in [-0.05, 0) is 37.5 Å². The van der Waals surface area contributed by atoms with Crippen molar-refractivity contribution in [1.29, 1.82) is 0 Å². The van der Waals surface area contributed by atoms with E-state index in [1.165, 1.54) is 37.7 Å². The third-order valence-electron chi connectivity index (χ3n) is 4.51. The minimum atomic E-state index is -0.138. The van der Waals surface area contributed by atoms with Crippen LogP contribution in [-0.2, 0) is 6.54 Å². The predicted molar refractivity (Wildman–Crippen MR) is 97.1 cm³/mol. The van der Waals surface area contributed by atoms with Crippen molar-refractivity contribution in [3.05, 3.63) is 59.4 Å².